The van der Waals surface area contributed by atoms with Crippen molar-refractivity contribution in [3.8, 4) is 0 Å². The van der Waals surface area contributed by atoms with Gasteiger partial charge in [-0.25, -0.2) is 4.79 Å². The number of benzene rings is 1. The molecule has 6 nitrogen and oxygen atoms in total. The third kappa shape index (κ3) is 2.14. The summed E-state index contributed by atoms with van der Waals surface area (Å²) in [6.45, 7) is 0. The molecule has 1 aromatic carbocycles. The fraction of sp³-hybridized carbons (Fsp3) is 0.154. The van der Waals surface area contributed by atoms with Gasteiger partial charge in [0.2, 0.25) is 5.78 Å². The minimum absolute atomic E-state index is 0.107. The average molecular weight is 294 g/mol. The summed E-state index contributed by atoms with van der Waals surface area (Å²) >= 11 is 5.86. The second-order valence-electron chi connectivity index (χ2n) is 4.33. The Morgan fingerprint density at radius 2 is 1.85 bits per heavy atom. The molecule has 20 heavy (non-hydrogen) atoms. The highest BCUT2D eigenvalue weighted by Crippen LogP contribution is 2.23. The smallest absolute Gasteiger partial charge is 0.330 e. The van der Waals surface area contributed by atoms with Gasteiger partial charge in [-0.3, -0.25) is 14.2 Å². The number of ketones is 1. The summed E-state index contributed by atoms with van der Waals surface area (Å²) in [6, 6.07) is 4.60. The number of hydrogen-bond acceptors (Lipinski definition) is 4. The van der Waals surface area contributed by atoms with Crippen LogP contribution in [0, 0.1) is 0 Å². The molecule has 1 heterocycles. The van der Waals surface area contributed by atoms with Gasteiger partial charge >= 0.3 is 5.69 Å². The van der Waals surface area contributed by atoms with Crippen molar-refractivity contribution in [3.63, 3.8) is 0 Å². The van der Waals surface area contributed by atoms with Crippen LogP contribution in [-0.2, 0) is 14.1 Å². The number of nitrogen functional groups attached to an aromatic ring is 1. The normalized spacial score (nSPS) is 10.6. The molecule has 0 saturated carbocycles. The van der Waals surface area contributed by atoms with Gasteiger partial charge in [0, 0.05) is 25.9 Å². The van der Waals surface area contributed by atoms with Gasteiger partial charge in [-0.1, -0.05) is 17.7 Å². The Labute approximate surface area is 119 Å². The molecule has 0 aliphatic carbocycles. The first-order valence-corrected chi connectivity index (χ1v) is 6.07. The first-order chi connectivity index (χ1) is 9.34. The van der Waals surface area contributed by atoms with Crippen molar-refractivity contribution in [2.45, 2.75) is 0 Å². The first-order valence-electron chi connectivity index (χ1n) is 5.70. The van der Waals surface area contributed by atoms with E-state index in [1.165, 1.54) is 26.4 Å². The van der Waals surface area contributed by atoms with Crippen LogP contribution in [0.3, 0.4) is 0 Å². The summed E-state index contributed by atoms with van der Waals surface area (Å²) in [6.07, 6.45) is 1.20. The van der Waals surface area contributed by atoms with Crippen molar-refractivity contribution in [3.05, 3.63) is 61.4 Å². The maximum atomic E-state index is 12.4. The number of hydrogen-bond donors (Lipinski definition) is 1. The van der Waals surface area contributed by atoms with E-state index in [1.807, 2.05) is 0 Å². The molecule has 2 rings (SSSR count). The third-order valence-corrected chi connectivity index (χ3v) is 3.32. The highest BCUT2D eigenvalue weighted by atomic mass is 35.5. The average Bonchev–Trinajstić information content (AvgIpc) is 2.43. The Kier molecular flexibility index (Phi) is 3.50. The van der Waals surface area contributed by atoms with Crippen molar-refractivity contribution >= 4 is 23.1 Å². The number of aryl methyl sites for hydroxylation is 1. The van der Waals surface area contributed by atoms with Gasteiger partial charge in [0.1, 0.15) is 5.56 Å². The van der Waals surface area contributed by atoms with E-state index < -0.39 is 17.0 Å². The van der Waals surface area contributed by atoms with E-state index in [0.29, 0.717) is 0 Å². The van der Waals surface area contributed by atoms with E-state index in [-0.39, 0.29) is 21.8 Å². The number of nitrogens with zero attached hydrogens (tertiary/aromatic N) is 2. The van der Waals surface area contributed by atoms with Crippen LogP contribution in [-0.4, -0.2) is 14.9 Å². The minimum Gasteiger partial charge on any atom is -0.397 e. The Balaban J connectivity index is 2.70. The van der Waals surface area contributed by atoms with E-state index in [0.717, 1.165) is 9.13 Å². The molecule has 0 saturated heterocycles. The van der Waals surface area contributed by atoms with Crippen LogP contribution in [0.25, 0.3) is 0 Å². The van der Waals surface area contributed by atoms with Crippen LogP contribution in [0.5, 0.6) is 0 Å². The fourth-order valence-electron chi connectivity index (χ4n) is 1.84. The van der Waals surface area contributed by atoms with Crippen LogP contribution >= 0.6 is 11.6 Å². The fourth-order valence-corrected chi connectivity index (χ4v) is 2.02. The van der Waals surface area contributed by atoms with Crippen LogP contribution < -0.4 is 17.0 Å². The van der Waals surface area contributed by atoms with Crippen molar-refractivity contribution < 1.29 is 4.79 Å². The van der Waals surface area contributed by atoms with Crippen LogP contribution in [0.1, 0.15) is 15.9 Å². The predicted molar refractivity (Wildman–Crippen MR) is 76.2 cm³/mol. The van der Waals surface area contributed by atoms with Gasteiger partial charge in [0.05, 0.1) is 10.7 Å². The summed E-state index contributed by atoms with van der Waals surface area (Å²) in [4.78, 5) is 36.0. The van der Waals surface area contributed by atoms with Gasteiger partial charge < -0.3 is 10.3 Å². The summed E-state index contributed by atoms with van der Waals surface area (Å²) in [7, 11) is 2.77. The molecule has 0 unspecified atom stereocenters. The molecule has 1 aromatic heterocycles. The maximum absolute atomic E-state index is 12.4. The number of carbonyl (C=O) groups excluding carboxylic acids is 1. The molecule has 0 aliphatic heterocycles. The van der Waals surface area contributed by atoms with E-state index in [9.17, 15) is 14.4 Å². The van der Waals surface area contributed by atoms with Gasteiger partial charge in [-0.05, 0) is 12.1 Å². The molecule has 104 valence electrons. The van der Waals surface area contributed by atoms with Crippen molar-refractivity contribution in [2.24, 2.45) is 14.1 Å². The molecule has 0 spiro atoms. The molecular formula is C13H12ClN3O3. The molecule has 0 aliphatic rings. The Morgan fingerprint density at radius 1 is 1.20 bits per heavy atom. The number of para-hydroxylation sites is 1. The standard InChI is InChI=1S/C13H12ClN3O3/c1-16-6-8(12(19)17(2)13(16)20)11(18)7-4-3-5-9(14)10(7)15/h3-6H,15H2,1-2H3. The maximum Gasteiger partial charge on any atom is 0.330 e. The molecule has 2 aromatic rings. The Morgan fingerprint density at radius 3 is 2.50 bits per heavy atom. The second kappa shape index (κ2) is 4.97. The van der Waals surface area contributed by atoms with Crippen molar-refractivity contribution in [1.29, 1.82) is 0 Å². The highest BCUT2D eigenvalue weighted by Gasteiger charge is 2.19. The van der Waals surface area contributed by atoms with E-state index >= 15 is 0 Å². The van der Waals surface area contributed by atoms with Crippen molar-refractivity contribution in [1.82, 2.24) is 9.13 Å². The number of aromatic nitrogens is 2. The first kappa shape index (κ1) is 14.1. The SMILES string of the molecule is Cn1cc(C(=O)c2cccc(Cl)c2N)c(=O)n(C)c1=O. The van der Waals surface area contributed by atoms with E-state index in [2.05, 4.69) is 0 Å². The molecule has 0 radical (unpaired) electrons. The second-order valence-corrected chi connectivity index (χ2v) is 4.74. The molecule has 2 N–H and O–H groups in total. The Bertz CT molecular complexity index is 821. The number of nitrogens with two attached hydrogens (primary N) is 1. The van der Waals surface area contributed by atoms with Gasteiger partial charge in [-0.15, -0.1) is 0 Å². The zero-order valence-electron chi connectivity index (χ0n) is 10.9. The summed E-state index contributed by atoms with van der Waals surface area (Å²) in [5.41, 5.74) is 4.67. The number of halogens is 1. The van der Waals surface area contributed by atoms with Crippen LogP contribution in [0.2, 0.25) is 5.02 Å². The molecule has 0 fully saturated rings. The zero-order chi connectivity index (χ0) is 15.0. The third-order valence-electron chi connectivity index (χ3n) is 2.99. The van der Waals surface area contributed by atoms with Gasteiger partial charge in [0.25, 0.3) is 5.56 Å². The lowest BCUT2D eigenvalue weighted by Gasteiger charge is -2.08. The number of rotatable bonds is 2. The molecule has 0 bridgehead atoms. The quantitative estimate of drug-likeness (QED) is 0.647. The van der Waals surface area contributed by atoms with Gasteiger partial charge in [-0.2, -0.15) is 0 Å². The molecular weight excluding hydrogens is 282 g/mol. The molecule has 0 atom stereocenters. The largest absolute Gasteiger partial charge is 0.397 e. The molecule has 0 amide bonds. The molecule has 7 heteroatoms. The highest BCUT2D eigenvalue weighted by molar-refractivity contribution is 6.34. The zero-order valence-corrected chi connectivity index (χ0v) is 11.6. The number of anilines is 1. The monoisotopic (exact) mass is 293 g/mol. The summed E-state index contributed by atoms with van der Waals surface area (Å²) in [5.74, 6) is -0.568. The van der Waals surface area contributed by atoms with Crippen molar-refractivity contribution in [2.75, 3.05) is 5.73 Å². The lowest BCUT2D eigenvalue weighted by molar-refractivity contribution is 0.103. The van der Waals surface area contributed by atoms with Crippen LogP contribution in [0.15, 0.2) is 34.0 Å². The van der Waals surface area contributed by atoms with E-state index in [4.69, 9.17) is 17.3 Å². The lowest BCUT2D eigenvalue weighted by Crippen LogP contribution is -2.39. The minimum atomic E-state index is -0.669. The van der Waals surface area contributed by atoms with Crippen LogP contribution in [0.4, 0.5) is 5.69 Å². The van der Waals surface area contributed by atoms with E-state index in [1.54, 1.807) is 12.1 Å². The Hall–Kier alpha value is -2.34. The number of carbonyl (C=O) groups is 1. The van der Waals surface area contributed by atoms with Gasteiger partial charge in [0.15, 0.2) is 0 Å². The summed E-state index contributed by atoms with van der Waals surface area (Å²) in [5, 5.41) is 0.234. The summed E-state index contributed by atoms with van der Waals surface area (Å²) < 4.78 is 2.03. The predicted octanol–water partition coefficient (Wildman–Crippen LogP) is 0.551. The topological polar surface area (TPSA) is 87.1 Å². The lowest BCUT2D eigenvalue weighted by atomic mass is 10.0.